The van der Waals surface area contributed by atoms with E-state index >= 15 is 0 Å². The molecule has 2 N–H and O–H groups in total. The summed E-state index contributed by atoms with van der Waals surface area (Å²) in [5.41, 5.74) is 4.19. The Kier molecular flexibility index (Phi) is 10.2. The first-order valence-electron chi connectivity index (χ1n) is 13.4. The van der Waals surface area contributed by atoms with Crippen molar-refractivity contribution in [2.24, 2.45) is 7.05 Å². The summed E-state index contributed by atoms with van der Waals surface area (Å²) in [6.07, 6.45) is 3.71. The van der Waals surface area contributed by atoms with E-state index in [1.165, 1.54) is 0 Å². The van der Waals surface area contributed by atoms with Crippen LogP contribution in [-0.2, 0) is 27.9 Å². The van der Waals surface area contributed by atoms with Gasteiger partial charge in [0.1, 0.15) is 11.9 Å². The molecule has 0 amide bonds. The number of imidazole rings is 1. The normalized spacial score (nSPS) is 14.1. The van der Waals surface area contributed by atoms with Crippen LogP contribution in [-0.4, -0.2) is 57.2 Å². The van der Waals surface area contributed by atoms with Crippen LogP contribution in [0, 0.1) is 6.92 Å². The number of aryl methyl sites for hydroxylation is 2. The van der Waals surface area contributed by atoms with Gasteiger partial charge in [0.2, 0.25) is 0 Å². The highest BCUT2D eigenvalue weighted by Crippen LogP contribution is 2.31. The van der Waals surface area contributed by atoms with Gasteiger partial charge in [-0.15, -0.1) is 0 Å². The van der Waals surface area contributed by atoms with Gasteiger partial charge in [-0.2, -0.15) is 0 Å². The summed E-state index contributed by atoms with van der Waals surface area (Å²) in [5.74, 6) is 0.301. The number of nitrogens with zero attached hydrogens (tertiary/aromatic N) is 3. The predicted molar refractivity (Wildman–Crippen MR) is 149 cm³/mol. The highest BCUT2D eigenvalue weighted by Gasteiger charge is 2.26. The Bertz CT molecular complexity index is 1270. The van der Waals surface area contributed by atoms with E-state index in [2.05, 4.69) is 16.8 Å². The van der Waals surface area contributed by atoms with Crippen LogP contribution < -0.4 is 10.9 Å². The topological polar surface area (TPSA) is 108 Å². The van der Waals surface area contributed by atoms with Gasteiger partial charge in [-0.05, 0) is 57.9 Å². The number of aromatic nitrogens is 3. The Morgan fingerprint density at radius 2 is 1.95 bits per heavy atom. The number of pyridine rings is 1. The average Bonchev–Trinajstić information content (AvgIpc) is 3.23. The molecule has 2 heterocycles. The number of aliphatic hydroxyl groups excluding tert-OH is 1. The number of unbranched alkanes of at least 4 members (excludes halogenated alkanes) is 1. The van der Waals surface area contributed by atoms with Crippen molar-refractivity contribution in [1.29, 1.82) is 0 Å². The second kappa shape index (κ2) is 13.2. The molecule has 3 rings (SSSR count). The number of aliphatic hydroxyl groups is 1. The third-order valence-corrected chi connectivity index (χ3v) is 6.60. The van der Waals surface area contributed by atoms with E-state index in [9.17, 15) is 14.7 Å². The van der Waals surface area contributed by atoms with Crippen LogP contribution in [0.15, 0.2) is 35.3 Å². The maximum atomic E-state index is 12.4. The number of nitrogens with one attached hydrogen (secondary N) is 1. The molecule has 0 aliphatic rings. The van der Waals surface area contributed by atoms with Gasteiger partial charge in [-0.25, -0.2) is 4.98 Å². The summed E-state index contributed by atoms with van der Waals surface area (Å²) in [6.45, 7) is 10.0. The molecule has 1 aromatic carbocycles. The fourth-order valence-corrected chi connectivity index (χ4v) is 4.73. The third kappa shape index (κ3) is 6.89. The standard InChI is InChI=1S/C29H42N4O5/c1-8-9-10-23(17-37-7)33-25-12-11-21(15-30-26(20(5)34)29(36)38-18(2)3)14-24(25)31-27(33)22-13-19(4)28(35)32(6)16-22/h11-14,16,18,20,23,26,30,34H,8-10,15,17H2,1-7H3/t20-,23?,26+/m1/s1. The van der Waals surface area contributed by atoms with Gasteiger partial charge in [-0.3, -0.25) is 14.9 Å². The first kappa shape index (κ1) is 29.5. The van der Waals surface area contributed by atoms with Gasteiger partial charge in [0.05, 0.1) is 35.9 Å². The predicted octanol–water partition coefficient (Wildman–Crippen LogP) is 3.88. The van der Waals surface area contributed by atoms with Crippen molar-refractivity contribution in [3.8, 4) is 11.4 Å². The lowest BCUT2D eigenvalue weighted by Crippen LogP contribution is -2.46. The Hall–Kier alpha value is -3.01. The molecule has 38 heavy (non-hydrogen) atoms. The molecule has 0 aliphatic heterocycles. The summed E-state index contributed by atoms with van der Waals surface area (Å²) < 4.78 is 14.7. The largest absolute Gasteiger partial charge is 0.462 e. The summed E-state index contributed by atoms with van der Waals surface area (Å²) in [6, 6.07) is 7.16. The van der Waals surface area contributed by atoms with Gasteiger partial charge in [0.25, 0.3) is 5.56 Å². The van der Waals surface area contributed by atoms with E-state index in [1.807, 2.05) is 37.4 Å². The van der Waals surface area contributed by atoms with Crippen LogP contribution in [0.2, 0.25) is 0 Å². The van der Waals surface area contributed by atoms with E-state index in [0.29, 0.717) is 18.7 Å². The minimum atomic E-state index is -0.905. The summed E-state index contributed by atoms with van der Waals surface area (Å²) in [5, 5.41) is 13.3. The molecule has 0 saturated carbocycles. The lowest BCUT2D eigenvalue weighted by molar-refractivity contribution is -0.152. The molecule has 0 fully saturated rings. The van der Waals surface area contributed by atoms with Crippen LogP contribution in [0.5, 0.6) is 0 Å². The van der Waals surface area contributed by atoms with Crippen molar-refractivity contribution in [2.45, 2.75) is 84.7 Å². The number of hydrogen-bond acceptors (Lipinski definition) is 7. The number of esters is 1. The van der Waals surface area contributed by atoms with Crippen molar-refractivity contribution in [2.75, 3.05) is 13.7 Å². The molecular weight excluding hydrogens is 484 g/mol. The van der Waals surface area contributed by atoms with Crippen LogP contribution in [0.3, 0.4) is 0 Å². The van der Waals surface area contributed by atoms with E-state index in [1.54, 1.807) is 39.5 Å². The Morgan fingerprint density at radius 3 is 2.55 bits per heavy atom. The zero-order valence-electron chi connectivity index (χ0n) is 23.7. The lowest BCUT2D eigenvalue weighted by atomic mass is 10.1. The summed E-state index contributed by atoms with van der Waals surface area (Å²) >= 11 is 0. The molecule has 2 aromatic heterocycles. The maximum Gasteiger partial charge on any atom is 0.326 e. The van der Waals surface area contributed by atoms with Crippen molar-refractivity contribution >= 4 is 17.0 Å². The first-order valence-corrected chi connectivity index (χ1v) is 13.4. The molecule has 9 nitrogen and oxygen atoms in total. The Morgan fingerprint density at radius 1 is 1.21 bits per heavy atom. The minimum Gasteiger partial charge on any atom is -0.462 e. The molecule has 9 heteroatoms. The van der Waals surface area contributed by atoms with Crippen LogP contribution in [0.1, 0.15) is 64.1 Å². The number of rotatable bonds is 13. The molecule has 0 aliphatic carbocycles. The van der Waals surface area contributed by atoms with Crippen LogP contribution in [0.25, 0.3) is 22.4 Å². The van der Waals surface area contributed by atoms with Crippen LogP contribution >= 0.6 is 0 Å². The first-order chi connectivity index (χ1) is 18.1. The van der Waals surface area contributed by atoms with Gasteiger partial charge in [-0.1, -0.05) is 25.8 Å². The number of carbonyl (C=O) groups is 1. The number of carbonyl (C=O) groups excluding carboxylic acids is 1. The highest BCUT2D eigenvalue weighted by atomic mass is 16.5. The molecule has 1 unspecified atom stereocenters. The molecule has 0 radical (unpaired) electrons. The number of ether oxygens (including phenoxy) is 2. The van der Waals surface area contributed by atoms with Crippen molar-refractivity contribution < 1.29 is 19.4 Å². The SMILES string of the molecule is CCCCC(COC)n1c(-c2cc(C)c(=O)n(C)c2)nc2cc(CN[C@H](C(=O)OC(C)C)[C@@H](C)O)ccc21. The number of benzene rings is 1. The third-order valence-electron chi connectivity index (χ3n) is 6.60. The number of methoxy groups -OCH3 is 1. The van der Waals surface area contributed by atoms with Gasteiger partial charge in [0, 0.05) is 38.0 Å². The second-order valence-electron chi connectivity index (χ2n) is 10.3. The van der Waals surface area contributed by atoms with E-state index < -0.39 is 18.1 Å². The highest BCUT2D eigenvalue weighted by molar-refractivity contribution is 5.82. The van der Waals surface area contributed by atoms with Crippen molar-refractivity contribution in [1.82, 2.24) is 19.4 Å². The lowest BCUT2D eigenvalue weighted by Gasteiger charge is -2.22. The number of hydrogen-bond donors (Lipinski definition) is 2. The van der Waals surface area contributed by atoms with Gasteiger partial charge >= 0.3 is 5.97 Å². The molecule has 3 atom stereocenters. The second-order valence-corrected chi connectivity index (χ2v) is 10.3. The fraction of sp³-hybridized carbons (Fsp3) is 0.552. The summed E-state index contributed by atoms with van der Waals surface area (Å²) in [4.78, 5) is 29.8. The molecule has 0 bridgehead atoms. The van der Waals surface area contributed by atoms with Crippen molar-refractivity contribution in [3.63, 3.8) is 0 Å². The zero-order valence-corrected chi connectivity index (χ0v) is 23.7. The van der Waals surface area contributed by atoms with E-state index in [4.69, 9.17) is 14.5 Å². The average molecular weight is 527 g/mol. The Balaban J connectivity index is 2.05. The minimum absolute atomic E-state index is 0.0344. The van der Waals surface area contributed by atoms with Crippen LogP contribution in [0.4, 0.5) is 0 Å². The zero-order chi connectivity index (χ0) is 28.0. The van der Waals surface area contributed by atoms with Crippen molar-refractivity contribution in [3.05, 3.63) is 51.9 Å². The molecule has 0 saturated heterocycles. The van der Waals surface area contributed by atoms with Gasteiger partial charge in [0.15, 0.2) is 0 Å². The number of fused-ring (bicyclic) bond motifs is 1. The smallest absolute Gasteiger partial charge is 0.326 e. The summed E-state index contributed by atoms with van der Waals surface area (Å²) in [7, 11) is 3.46. The van der Waals surface area contributed by atoms with E-state index in [-0.39, 0.29) is 17.7 Å². The fourth-order valence-electron chi connectivity index (χ4n) is 4.73. The monoisotopic (exact) mass is 526 g/mol. The molecule has 208 valence electrons. The Labute approximate surface area is 224 Å². The van der Waals surface area contributed by atoms with E-state index in [0.717, 1.165) is 47.2 Å². The maximum absolute atomic E-state index is 12.4. The molecule has 0 spiro atoms. The quantitative estimate of drug-likeness (QED) is 0.326. The molecular formula is C29H42N4O5. The molecule has 3 aromatic rings. The van der Waals surface area contributed by atoms with Gasteiger partial charge < -0.3 is 23.7 Å².